The van der Waals surface area contributed by atoms with Crippen LogP contribution in [-0.2, 0) is 0 Å². The highest BCUT2D eigenvalue weighted by atomic mass is 16.4. The molecule has 1 unspecified atom stereocenters. The van der Waals surface area contributed by atoms with Gasteiger partial charge in [-0.25, -0.2) is 4.79 Å². The molecule has 0 aliphatic heterocycles. The third-order valence-electron chi connectivity index (χ3n) is 2.87. The Balaban J connectivity index is 3.13. The maximum absolute atomic E-state index is 11.3. The number of nitrogens with one attached hydrogen (secondary N) is 1. The van der Waals surface area contributed by atoms with Crippen molar-refractivity contribution in [2.75, 3.05) is 5.32 Å². The molecule has 1 heterocycles. The molecule has 0 saturated heterocycles. The Kier molecular flexibility index (Phi) is 4.67. The van der Waals surface area contributed by atoms with Crippen molar-refractivity contribution in [2.45, 2.75) is 39.7 Å². The molecule has 0 radical (unpaired) electrons. The summed E-state index contributed by atoms with van der Waals surface area (Å²) in [6, 6.07) is 0.00417. The van der Waals surface area contributed by atoms with E-state index >= 15 is 0 Å². The van der Waals surface area contributed by atoms with Crippen LogP contribution in [0.1, 0.15) is 41.4 Å². The minimum absolute atomic E-state index is 0.00417. The molecule has 96 valence electrons. The van der Waals surface area contributed by atoms with Crippen LogP contribution in [0.3, 0.4) is 0 Å². The molecule has 1 aromatic rings. The van der Waals surface area contributed by atoms with E-state index in [1.165, 1.54) is 0 Å². The minimum Gasteiger partial charge on any atom is -0.478 e. The monoisotopic (exact) mass is 247 g/mol. The van der Waals surface area contributed by atoms with E-state index in [-0.39, 0.29) is 17.4 Å². The highest BCUT2D eigenvalue weighted by molar-refractivity contribution is 5.94. The lowest BCUT2D eigenvalue weighted by Gasteiger charge is -2.17. The number of nitrogens with zero attached hydrogens (tertiary/aromatic N) is 2. The molecule has 0 fully saturated rings. The molecule has 0 spiro atoms. The highest BCUT2D eigenvalue weighted by Gasteiger charge is 2.19. The molecular weight excluding hydrogens is 230 g/mol. The van der Waals surface area contributed by atoms with Gasteiger partial charge >= 0.3 is 5.97 Å². The number of rotatable bonds is 5. The lowest BCUT2D eigenvalue weighted by Crippen LogP contribution is -2.22. The smallest absolute Gasteiger partial charge is 0.339 e. The van der Waals surface area contributed by atoms with Crippen molar-refractivity contribution in [1.29, 1.82) is 0 Å². The summed E-state index contributed by atoms with van der Waals surface area (Å²) in [6.45, 7) is 5.43. The van der Waals surface area contributed by atoms with Crippen LogP contribution >= 0.6 is 0 Å². The summed E-state index contributed by atoms with van der Waals surface area (Å²) in [5.41, 5.74) is 1.40. The first-order valence-corrected chi connectivity index (χ1v) is 5.78. The summed E-state index contributed by atoms with van der Waals surface area (Å²) in [7, 11) is 0. The predicted octanol–water partition coefficient (Wildman–Crippen LogP) is 2.01. The van der Waals surface area contributed by atoms with Gasteiger partial charge in [-0.3, -0.25) is 0 Å². The zero-order valence-corrected chi connectivity index (χ0v) is 10.8. The van der Waals surface area contributed by atoms with Crippen molar-refractivity contribution < 1.29 is 9.90 Å². The van der Waals surface area contributed by atoms with Crippen LogP contribution in [0.2, 0.25) is 0 Å². The molecule has 0 aliphatic rings. The molecule has 0 saturated carbocycles. The van der Waals surface area contributed by atoms with Gasteiger partial charge in [-0.1, -0.05) is 6.92 Å². The fourth-order valence-electron chi connectivity index (χ4n) is 1.60. The number of carbonyl (C=O) groups is 1. The third-order valence-corrected chi connectivity index (χ3v) is 2.87. The summed E-state index contributed by atoms with van der Waals surface area (Å²) in [5, 5.41) is 20.2. The summed E-state index contributed by atoms with van der Waals surface area (Å²) in [5.74, 6) is 1.83. The number of terminal acetylenes is 1. The summed E-state index contributed by atoms with van der Waals surface area (Å²) in [6.07, 6.45) is 6.58. The highest BCUT2D eigenvalue weighted by Crippen LogP contribution is 2.20. The Hall–Kier alpha value is -2.09. The fraction of sp³-hybridized carbons (Fsp3) is 0.462. The summed E-state index contributed by atoms with van der Waals surface area (Å²) in [4.78, 5) is 11.3. The van der Waals surface area contributed by atoms with Crippen LogP contribution in [0.5, 0.6) is 0 Å². The Morgan fingerprint density at radius 1 is 1.50 bits per heavy atom. The second-order valence-electron chi connectivity index (χ2n) is 4.10. The molecular formula is C13H17N3O2. The number of anilines is 1. The number of hydrogen-bond donors (Lipinski definition) is 2. The van der Waals surface area contributed by atoms with Gasteiger partial charge in [0.25, 0.3) is 0 Å². The van der Waals surface area contributed by atoms with Gasteiger partial charge in [0, 0.05) is 12.5 Å². The fourth-order valence-corrected chi connectivity index (χ4v) is 1.60. The molecule has 1 atom stereocenters. The van der Waals surface area contributed by atoms with Gasteiger partial charge in [-0.15, -0.1) is 17.4 Å². The third kappa shape index (κ3) is 2.98. The Bertz CT molecular complexity index is 492. The molecule has 1 aromatic heterocycles. The quantitative estimate of drug-likeness (QED) is 0.778. The van der Waals surface area contributed by atoms with Crippen LogP contribution in [0.4, 0.5) is 5.82 Å². The van der Waals surface area contributed by atoms with Gasteiger partial charge in [0.05, 0.1) is 5.69 Å². The number of carboxylic acid groups (broad SMARTS) is 1. The van der Waals surface area contributed by atoms with Crippen LogP contribution < -0.4 is 5.32 Å². The second kappa shape index (κ2) is 6.01. The summed E-state index contributed by atoms with van der Waals surface area (Å²) < 4.78 is 0. The number of aromatic carboxylic acids is 1. The second-order valence-corrected chi connectivity index (χ2v) is 4.10. The molecule has 0 bridgehead atoms. The lowest BCUT2D eigenvalue weighted by molar-refractivity contribution is 0.0696. The SMILES string of the molecule is C#CCC(CC)Nc1nnc(C)c(C)c1C(=O)O. The van der Waals surface area contributed by atoms with E-state index in [1.807, 2.05) is 6.92 Å². The first-order valence-electron chi connectivity index (χ1n) is 5.78. The minimum atomic E-state index is -1.01. The van der Waals surface area contributed by atoms with Crippen molar-refractivity contribution in [3.8, 4) is 12.3 Å². The lowest BCUT2D eigenvalue weighted by atomic mass is 10.1. The predicted molar refractivity (Wildman–Crippen MR) is 69.6 cm³/mol. The average molecular weight is 247 g/mol. The molecule has 1 rings (SSSR count). The van der Waals surface area contributed by atoms with Gasteiger partial charge in [-0.2, -0.15) is 5.10 Å². The van der Waals surface area contributed by atoms with Gasteiger partial charge < -0.3 is 10.4 Å². The molecule has 0 amide bonds. The maximum atomic E-state index is 11.3. The number of aryl methyl sites for hydroxylation is 1. The zero-order chi connectivity index (χ0) is 13.7. The molecule has 5 heteroatoms. The first kappa shape index (κ1) is 14.0. The molecule has 0 aliphatic carbocycles. The van der Waals surface area contributed by atoms with Gasteiger partial charge in [-0.05, 0) is 25.8 Å². The van der Waals surface area contributed by atoms with Gasteiger partial charge in [0.15, 0.2) is 5.82 Å². The maximum Gasteiger partial charge on any atom is 0.339 e. The molecule has 2 N–H and O–H groups in total. The van der Waals surface area contributed by atoms with E-state index < -0.39 is 5.97 Å². The number of carboxylic acids is 1. The Labute approximate surface area is 107 Å². The largest absolute Gasteiger partial charge is 0.478 e. The topological polar surface area (TPSA) is 75.1 Å². The van der Waals surface area contributed by atoms with Crippen molar-refractivity contribution in [3.05, 3.63) is 16.8 Å². The van der Waals surface area contributed by atoms with E-state index in [1.54, 1.807) is 13.8 Å². The Morgan fingerprint density at radius 2 is 2.17 bits per heavy atom. The Morgan fingerprint density at radius 3 is 2.67 bits per heavy atom. The van der Waals surface area contributed by atoms with E-state index in [9.17, 15) is 9.90 Å². The normalized spacial score (nSPS) is 11.7. The van der Waals surface area contributed by atoms with Crippen LogP contribution in [0.15, 0.2) is 0 Å². The molecule has 18 heavy (non-hydrogen) atoms. The van der Waals surface area contributed by atoms with Gasteiger partial charge in [0.2, 0.25) is 0 Å². The van der Waals surface area contributed by atoms with E-state index in [2.05, 4.69) is 21.4 Å². The van der Waals surface area contributed by atoms with Crippen molar-refractivity contribution in [1.82, 2.24) is 10.2 Å². The van der Waals surface area contributed by atoms with E-state index in [0.717, 1.165) is 6.42 Å². The molecule has 0 aromatic carbocycles. The van der Waals surface area contributed by atoms with Crippen LogP contribution in [0.25, 0.3) is 0 Å². The van der Waals surface area contributed by atoms with Crippen LogP contribution in [-0.4, -0.2) is 27.3 Å². The zero-order valence-electron chi connectivity index (χ0n) is 10.8. The number of hydrogen-bond acceptors (Lipinski definition) is 4. The van der Waals surface area contributed by atoms with E-state index in [0.29, 0.717) is 17.7 Å². The number of aromatic nitrogens is 2. The van der Waals surface area contributed by atoms with Crippen molar-refractivity contribution in [3.63, 3.8) is 0 Å². The first-order chi connectivity index (χ1) is 8.51. The standard InChI is InChI=1S/C13H17N3O2/c1-5-7-10(6-2)14-12-11(13(17)18)8(3)9(4)15-16-12/h1,10H,6-7H2,2-4H3,(H,14,16)(H,17,18). The van der Waals surface area contributed by atoms with Crippen LogP contribution in [0, 0.1) is 26.2 Å². The van der Waals surface area contributed by atoms with Crippen molar-refractivity contribution >= 4 is 11.8 Å². The van der Waals surface area contributed by atoms with Crippen molar-refractivity contribution in [2.24, 2.45) is 0 Å². The van der Waals surface area contributed by atoms with E-state index in [4.69, 9.17) is 6.42 Å². The average Bonchev–Trinajstić information content (AvgIpc) is 2.32. The molecule has 5 nitrogen and oxygen atoms in total. The summed E-state index contributed by atoms with van der Waals surface area (Å²) >= 11 is 0. The van der Waals surface area contributed by atoms with Gasteiger partial charge in [0.1, 0.15) is 5.56 Å².